The molecule has 0 radical (unpaired) electrons. The second kappa shape index (κ2) is 11.6. The number of hydrogen-bond acceptors (Lipinski definition) is 3. The second-order valence-corrected chi connectivity index (χ2v) is 6.04. The Balaban J connectivity index is 0.00000450. The second-order valence-electron chi connectivity index (χ2n) is 6.04. The van der Waals surface area contributed by atoms with Crippen LogP contribution in [0.1, 0.15) is 29.8 Å². The van der Waals surface area contributed by atoms with Gasteiger partial charge in [0.25, 0.3) is 5.91 Å². The highest BCUT2D eigenvalue weighted by Crippen LogP contribution is 2.29. The van der Waals surface area contributed by atoms with E-state index in [9.17, 15) is 18.0 Å². The van der Waals surface area contributed by atoms with Gasteiger partial charge in [0.15, 0.2) is 11.7 Å². The minimum absolute atomic E-state index is 0. The van der Waals surface area contributed by atoms with Crippen LogP contribution in [0.3, 0.4) is 0 Å². The molecule has 0 saturated carbocycles. The van der Waals surface area contributed by atoms with Gasteiger partial charge in [0.2, 0.25) is 0 Å². The molecule has 0 aliphatic carbocycles. The SMILES string of the molecule is CCN(CC)C(=O)c1ccc(CN=C(N)Nc2ccccc2OC(F)(F)F)cc1.I. The standard InChI is InChI=1S/C20H23F3N4O2.HI/c1-3-27(4-2)18(28)15-11-9-14(10-12-15)13-25-19(24)26-16-7-5-6-8-17(16)29-20(21,22)23;/h5-12H,3-4,13H2,1-2H3,(H3,24,25,26);1H. The van der Waals surface area contributed by atoms with Crippen LogP contribution >= 0.6 is 24.0 Å². The predicted molar refractivity (Wildman–Crippen MR) is 121 cm³/mol. The molecule has 0 aliphatic rings. The summed E-state index contributed by atoms with van der Waals surface area (Å²) >= 11 is 0. The quantitative estimate of drug-likeness (QED) is 0.308. The van der Waals surface area contributed by atoms with Crippen LogP contribution in [0.15, 0.2) is 53.5 Å². The first-order chi connectivity index (χ1) is 13.7. The minimum Gasteiger partial charge on any atom is -0.404 e. The number of carbonyl (C=O) groups is 1. The van der Waals surface area contributed by atoms with Crippen LogP contribution in [-0.2, 0) is 6.54 Å². The minimum atomic E-state index is -4.81. The first-order valence-corrected chi connectivity index (χ1v) is 9.03. The van der Waals surface area contributed by atoms with Gasteiger partial charge in [-0.05, 0) is 43.7 Å². The van der Waals surface area contributed by atoms with Crippen molar-refractivity contribution < 1.29 is 22.7 Å². The number of hydrogen-bond donors (Lipinski definition) is 2. The third kappa shape index (κ3) is 7.73. The molecule has 10 heteroatoms. The van der Waals surface area contributed by atoms with Crippen molar-refractivity contribution in [3.8, 4) is 5.75 Å². The highest BCUT2D eigenvalue weighted by molar-refractivity contribution is 14.0. The van der Waals surface area contributed by atoms with Gasteiger partial charge in [0.05, 0.1) is 12.2 Å². The zero-order valence-electron chi connectivity index (χ0n) is 16.6. The van der Waals surface area contributed by atoms with Gasteiger partial charge in [-0.3, -0.25) is 4.79 Å². The van der Waals surface area contributed by atoms with Gasteiger partial charge in [-0.25, -0.2) is 4.99 Å². The molecule has 0 heterocycles. The van der Waals surface area contributed by atoms with Crippen molar-refractivity contribution in [2.24, 2.45) is 10.7 Å². The summed E-state index contributed by atoms with van der Waals surface area (Å²) in [6, 6.07) is 12.5. The van der Waals surface area contributed by atoms with E-state index < -0.39 is 12.1 Å². The van der Waals surface area contributed by atoms with Gasteiger partial charge < -0.3 is 20.7 Å². The number of carbonyl (C=O) groups excluding carboxylic acids is 1. The van der Waals surface area contributed by atoms with Crippen LogP contribution < -0.4 is 15.8 Å². The Bertz CT molecular complexity index is 854. The third-order valence-corrected chi connectivity index (χ3v) is 4.06. The van der Waals surface area contributed by atoms with Crippen molar-refractivity contribution in [3.63, 3.8) is 0 Å². The summed E-state index contributed by atoms with van der Waals surface area (Å²) in [6.07, 6.45) is -4.81. The lowest BCUT2D eigenvalue weighted by atomic mass is 10.1. The van der Waals surface area contributed by atoms with E-state index in [0.29, 0.717) is 18.7 Å². The Morgan fingerprint density at radius 2 is 1.70 bits per heavy atom. The molecular weight excluding hydrogens is 512 g/mol. The topological polar surface area (TPSA) is 80.0 Å². The number of rotatable bonds is 7. The van der Waals surface area contributed by atoms with Crippen molar-refractivity contribution in [1.82, 2.24) is 4.90 Å². The Kier molecular flexibility index (Phi) is 9.90. The van der Waals surface area contributed by atoms with E-state index in [1.54, 1.807) is 35.2 Å². The number of guanidine groups is 1. The number of benzene rings is 2. The molecule has 2 aromatic rings. The maximum absolute atomic E-state index is 12.5. The van der Waals surface area contributed by atoms with Gasteiger partial charge in [-0.15, -0.1) is 37.1 Å². The summed E-state index contributed by atoms with van der Waals surface area (Å²) < 4.78 is 41.4. The van der Waals surface area contributed by atoms with Crippen LogP contribution in [0.25, 0.3) is 0 Å². The fraction of sp³-hybridized carbons (Fsp3) is 0.300. The molecule has 0 atom stereocenters. The van der Waals surface area contributed by atoms with Crippen molar-refractivity contribution in [3.05, 3.63) is 59.7 Å². The van der Waals surface area contributed by atoms with Gasteiger partial charge in [-0.1, -0.05) is 24.3 Å². The lowest BCUT2D eigenvalue weighted by molar-refractivity contribution is -0.274. The van der Waals surface area contributed by atoms with Crippen LogP contribution in [-0.4, -0.2) is 36.2 Å². The maximum atomic E-state index is 12.5. The number of nitrogens with two attached hydrogens (primary N) is 1. The van der Waals surface area contributed by atoms with Crippen molar-refractivity contribution >= 4 is 41.5 Å². The molecule has 2 aromatic carbocycles. The lowest BCUT2D eigenvalue weighted by Gasteiger charge is -2.18. The average Bonchev–Trinajstić information content (AvgIpc) is 2.68. The van der Waals surface area contributed by atoms with Crippen LogP contribution in [0.5, 0.6) is 5.75 Å². The van der Waals surface area contributed by atoms with Crippen LogP contribution in [0.4, 0.5) is 18.9 Å². The fourth-order valence-corrected chi connectivity index (χ4v) is 2.58. The molecule has 0 aliphatic heterocycles. The van der Waals surface area contributed by atoms with Crippen molar-refractivity contribution in [2.75, 3.05) is 18.4 Å². The Morgan fingerprint density at radius 1 is 1.10 bits per heavy atom. The Morgan fingerprint density at radius 3 is 2.27 bits per heavy atom. The van der Waals surface area contributed by atoms with E-state index in [4.69, 9.17) is 5.73 Å². The van der Waals surface area contributed by atoms with E-state index in [1.807, 2.05) is 13.8 Å². The van der Waals surface area contributed by atoms with Gasteiger partial charge in [-0.2, -0.15) is 0 Å². The van der Waals surface area contributed by atoms with Crippen LogP contribution in [0.2, 0.25) is 0 Å². The molecule has 0 fully saturated rings. The van der Waals surface area contributed by atoms with E-state index in [2.05, 4.69) is 15.0 Å². The number of para-hydroxylation sites is 2. The summed E-state index contributed by atoms with van der Waals surface area (Å²) in [5, 5.41) is 2.61. The summed E-state index contributed by atoms with van der Waals surface area (Å²) in [5.74, 6) is -0.517. The number of halogens is 4. The number of ether oxygens (including phenoxy) is 1. The molecule has 30 heavy (non-hydrogen) atoms. The molecule has 3 N–H and O–H groups in total. The van der Waals surface area contributed by atoms with Gasteiger partial charge in [0, 0.05) is 18.7 Å². The smallest absolute Gasteiger partial charge is 0.404 e. The number of amides is 1. The van der Waals surface area contributed by atoms with E-state index in [0.717, 1.165) is 5.56 Å². The Labute approximate surface area is 190 Å². The number of nitrogens with zero attached hydrogens (tertiary/aromatic N) is 2. The number of aliphatic imine (C=N–C) groups is 1. The molecule has 0 unspecified atom stereocenters. The molecule has 2 rings (SSSR count). The molecular formula is C20H24F3IN4O2. The molecule has 6 nitrogen and oxygen atoms in total. The molecule has 0 spiro atoms. The van der Waals surface area contributed by atoms with E-state index in [-0.39, 0.29) is 48.1 Å². The number of nitrogens with one attached hydrogen (secondary N) is 1. The van der Waals surface area contributed by atoms with Crippen LogP contribution in [0, 0.1) is 0 Å². The van der Waals surface area contributed by atoms with Crippen molar-refractivity contribution in [2.45, 2.75) is 26.8 Å². The van der Waals surface area contributed by atoms with E-state index in [1.165, 1.54) is 18.2 Å². The monoisotopic (exact) mass is 536 g/mol. The lowest BCUT2D eigenvalue weighted by Crippen LogP contribution is -2.30. The average molecular weight is 536 g/mol. The zero-order chi connectivity index (χ0) is 21.4. The predicted octanol–water partition coefficient (Wildman–Crippen LogP) is 4.61. The van der Waals surface area contributed by atoms with Crippen molar-refractivity contribution in [1.29, 1.82) is 0 Å². The largest absolute Gasteiger partial charge is 0.573 e. The summed E-state index contributed by atoms with van der Waals surface area (Å²) in [4.78, 5) is 18.1. The molecule has 0 bridgehead atoms. The molecule has 0 aromatic heterocycles. The highest BCUT2D eigenvalue weighted by Gasteiger charge is 2.32. The van der Waals surface area contributed by atoms with Gasteiger partial charge >= 0.3 is 6.36 Å². The normalized spacial score (nSPS) is 11.4. The number of alkyl halides is 3. The van der Waals surface area contributed by atoms with E-state index >= 15 is 0 Å². The summed E-state index contributed by atoms with van der Waals surface area (Å²) in [6.45, 7) is 5.28. The van der Waals surface area contributed by atoms with Gasteiger partial charge in [0.1, 0.15) is 0 Å². The fourth-order valence-electron chi connectivity index (χ4n) is 2.58. The highest BCUT2D eigenvalue weighted by atomic mass is 127. The first kappa shape index (κ1) is 25.5. The molecule has 0 saturated heterocycles. The maximum Gasteiger partial charge on any atom is 0.573 e. The summed E-state index contributed by atoms with van der Waals surface area (Å²) in [5.41, 5.74) is 7.20. The summed E-state index contributed by atoms with van der Waals surface area (Å²) in [7, 11) is 0. The third-order valence-electron chi connectivity index (χ3n) is 4.06. The number of anilines is 1. The first-order valence-electron chi connectivity index (χ1n) is 9.03. The molecule has 1 amide bonds. The molecule has 164 valence electrons. The Hall–Kier alpha value is -2.50. The zero-order valence-corrected chi connectivity index (χ0v) is 18.9.